The summed E-state index contributed by atoms with van der Waals surface area (Å²) in [6, 6.07) is 7.10. The number of thiazole rings is 1. The molecule has 30 heavy (non-hydrogen) atoms. The minimum absolute atomic E-state index is 0.117. The van der Waals surface area contributed by atoms with E-state index >= 15 is 0 Å². The first-order valence-corrected chi connectivity index (χ1v) is 11.0. The minimum atomic E-state index is -0.827. The molecule has 0 atom stereocenters. The number of aromatic amines is 1. The van der Waals surface area contributed by atoms with Crippen molar-refractivity contribution in [1.82, 2.24) is 4.98 Å². The lowest BCUT2D eigenvalue weighted by Crippen LogP contribution is -2.38. The highest BCUT2D eigenvalue weighted by Crippen LogP contribution is 2.28. The van der Waals surface area contributed by atoms with Crippen molar-refractivity contribution in [2.24, 2.45) is 0 Å². The van der Waals surface area contributed by atoms with Crippen LogP contribution >= 0.6 is 23.6 Å². The molecular weight excluding hydrogens is 422 g/mol. The van der Waals surface area contributed by atoms with Crippen molar-refractivity contribution in [3.8, 4) is 6.07 Å². The van der Waals surface area contributed by atoms with Gasteiger partial charge in [0.2, 0.25) is 0 Å². The summed E-state index contributed by atoms with van der Waals surface area (Å²) in [6.45, 7) is 3.69. The first-order valence-electron chi connectivity index (χ1n) is 9.75. The van der Waals surface area contributed by atoms with Crippen molar-refractivity contribution < 1.29 is 19.8 Å². The molecule has 0 saturated heterocycles. The van der Waals surface area contributed by atoms with E-state index in [1.54, 1.807) is 6.07 Å². The van der Waals surface area contributed by atoms with E-state index < -0.39 is 11.9 Å². The van der Waals surface area contributed by atoms with Crippen LogP contribution in [0, 0.1) is 15.3 Å². The summed E-state index contributed by atoms with van der Waals surface area (Å²) < 4.78 is 1.55. The average molecular weight is 448 g/mol. The third-order valence-corrected chi connectivity index (χ3v) is 5.78. The number of aliphatic hydroxyl groups is 1. The SMILES string of the molecule is CC(C)N(C(=O)/C(C#N)=C(\O)CCCCCCC(=O)O)c1ccc2[nH]c(=S)sc2c1. The molecule has 2 aromatic rings. The number of unbranched alkanes of at least 4 members (excludes halogenated alkanes) is 3. The second-order valence-corrected chi connectivity index (χ2v) is 8.92. The molecule has 0 saturated carbocycles. The number of aromatic nitrogens is 1. The van der Waals surface area contributed by atoms with E-state index in [0.29, 0.717) is 28.9 Å². The average Bonchev–Trinajstić information content (AvgIpc) is 3.04. The Hall–Kier alpha value is -2.70. The Kier molecular flexibility index (Phi) is 8.57. The van der Waals surface area contributed by atoms with Gasteiger partial charge in [0.15, 0.2) is 9.53 Å². The van der Waals surface area contributed by atoms with Gasteiger partial charge in [0.05, 0.1) is 10.2 Å². The van der Waals surface area contributed by atoms with Crippen LogP contribution in [0.4, 0.5) is 5.69 Å². The van der Waals surface area contributed by atoms with Gasteiger partial charge in [-0.05, 0) is 57.1 Å². The fraction of sp³-hybridized carbons (Fsp3) is 0.429. The largest absolute Gasteiger partial charge is 0.511 e. The molecule has 1 heterocycles. The van der Waals surface area contributed by atoms with Crippen LogP contribution in [0.1, 0.15) is 52.4 Å². The summed E-state index contributed by atoms with van der Waals surface area (Å²) in [5.74, 6) is -1.61. The van der Waals surface area contributed by atoms with E-state index in [-0.39, 0.29) is 30.2 Å². The van der Waals surface area contributed by atoms with Gasteiger partial charge in [-0.1, -0.05) is 12.8 Å². The van der Waals surface area contributed by atoms with Crippen molar-refractivity contribution in [2.45, 2.75) is 58.4 Å². The van der Waals surface area contributed by atoms with Crippen LogP contribution in [0.25, 0.3) is 10.2 Å². The van der Waals surface area contributed by atoms with Crippen molar-refractivity contribution >= 4 is 51.3 Å². The summed E-state index contributed by atoms with van der Waals surface area (Å²) in [7, 11) is 0. The van der Waals surface area contributed by atoms with Crippen LogP contribution in [0.3, 0.4) is 0 Å². The van der Waals surface area contributed by atoms with Crippen molar-refractivity contribution in [3.05, 3.63) is 33.5 Å². The Morgan fingerprint density at radius 1 is 1.20 bits per heavy atom. The van der Waals surface area contributed by atoms with Crippen molar-refractivity contribution in [3.63, 3.8) is 0 Å². The van der Waals surface area contributed by atoms with Crippen LogP contribution in [0.2, 0.25) is 0 Å². The van der Waals surface area contributed by atoms with E-state index in [4.69, 9.17) is 17.3 Å². The maximum absolute atomic E-state index is 13.1. The quantitative estimate of drug-likeness (QED) is 0.146. The molecule has 9 heteroatoms. The fourth-order valence-electron chi connectivity index (χ4n) is 3.14. The molecule has 0 aliphatic rings. The van der Waals surface area contributed by atoms with Gasteiger partial charge in [0.25, 0.3) is 5.91 Å². The van der Waals surface area contributed by atoms with Crippen LogP contribution in [0.15, 0.2) is 29.5 Å². The molecule has 0 bridgehead atoms. The molecule has 0 aliphatic carbocycles. The van der Waals surface area contributed by atoms with Gasteiger partial charge >= 0.3 is 5.97 Å². The number of allylic oxidation sites excluding steroid dienone is 1. The van der Waals surface area contributed by atoms with Gasteiger partial charge in [-0.25, -0.2) is 0 Å². The molecule has 0 aliphatic heterocycles. The molecular formula is C21H25N3O4S2. The molecule has 7 nitrogen and oxygen atoms in total. The number of amides is 1. The number of carboxylic acid groups (broad SMARTS) is 1. The zero-order chi connectivity index (χ0) is 22.3. The maximum atomic E-state index is 13.1. The summed E-state index contributed by atoms with van der Waals surface area (Å²) >= 11 is 6.57. The lowest BCUT2D eigenvalue weighted by molar-refractivity contribution is -0.137. The van der Waals surface area contributed by atoms with Crippen LogP contribution in [-0.4, -0.2) is 33.1 Å². The summed E-state index contributed by atoms with van der Waals surface area (Å²) in [5.41, 5.74) is 1.24. The van der Waals surface area contributed by atoms with Gasteiger partial charge in [-0.3, -0.25) is 9.59 Å². The van der Waals surface area contributed by atoms with E-state index in [1.165, 1.54) is 16.2 Å². The number of aliphatic carboxylic acids is 1. The zero-order valence-corrected chi connectivity index (χ0v) is 18.6. The third-order valence-electron chi connectivity index (χ3n) is 4.59. The molecule has 3 N–H and O–H groups in total. The fourth-order valence-corrected chi connectivity index (χ4v) is 4.29. The highest BCUT2D eigenvalue weighted by atomic mass is 32.1. The standard InChI is InChI=1S/C21H25N3O4S2/c1-13(2)24(14-9-10-16-18(11-14)30-21(29)23-16)20(28)15(12-22)17(25)7-5-3-4-6-8-19(26)27/h9-11,13,25H,3-8H2,1-2H3,(H,23,29)(H,26,27)/b17-15-. The molecule has 160 valence electrons. The smallest absolute Gasteiger partial charge is 0.303 e. The number of rotatable bonds is 10. The number of anilines is 1. The molecule has 1 amide bonds. The minimum Gasteiger partial charge on any atom is -0.511 e. The number of H-pyrrole nitrogens is 1. The van der Waals surface area contributed by atoms with Gasteiger partial charge in [-0.15, -0.1) is 11.3 Å². The lowest BCUT2D eigenvalue weighted by Gasteiger charge is -2.27. The normalized spacial score (nSPS) is 11.9. The van der Waals surface area contributed by atoms with Gasteiger partial charge in [0, 0.05) is 24.6 Å². The highest BCUT2D eigenvalue weighted by molar-refractivity contribution is 7.73. The number of benzene rings is 1. The number of carbonyl (C=O) groups is 2. The molecule has 0 unspecified atom stereocenters. The highest BCUT2D eigenvalue weighted by Gasteiger charge is 2.26. The summed E-state index contributed by atoms with van der Waals surface area (Å²) in [6.07, 6.45) is 2.89. The predicted molar refractivity (Wildman–Crippen MR) is 120 cm³/mol. The third kappa shape index (κ3) is 6.15. The van der Waals surface area contributed by atoms with E-state index in [2.05, 4.69) is 4.98 Å². The number of fused-ring (bicyclic) bond motifs is 1. The molecule has 1 aromatic carbocycles. The van der Waals surface area contributed by atoms with Crippen LogP contribution in [-0.2, 0) is 9.59 Å². The number of nitrogens with zero attached hydrogens (tertiary/aromatic N) is 2. The molecule has 0 radical (unpaired) electrons. The summed E-state index contributed by atoms with van der Waals surface area (Å²) in [4.78, 5) is 28.2. The lowest BCUT2D eigenvalue weighted by atomic mass is 10.1. The Morgan fingerprint density at radius 3 is 2.47 bits per heavy atom. The van der Waals surface area contributed by atoms with Gasteiger partial charge in [0.1, 0.15) is 11.8 Å². The van der Waals surface area contributed by atoms with Crippen molar-refractivity contribution in [1.29, 1.82) is 5.26 Å². The number of carboxylic acids is 1. The number of carbonyl (C=O) groups excluding carboxylic acids is 1. The molecule has 0 fully saturated rings. The topological polar surface area (TPSA) is 117 Å². The van der Waals surface area contributed by atoms with Crippen molar-refractivity contribution in [2.75, 3.05) is 4.90 Å². The number of aliphatic hydroxyl groups excluding tert-OH is 1. The Bertz CT molecular complexity index is 1050. The van der Waals surface area contributed by atoms with Gasteiger partial charge < -0.3 is 20.1 Å². The Morgan fingerprint density at radius 2 is 1.87 bits per heavy atom. The number of hydrogen-bond donors (Lipinski definition) is 3. The van der Waals surface area contributed by atoms with E-state index in [1.807, 2.05) is 32.0 Å². The molecule has 0 spiro atoms. The number of nitriles is 1. The second-order valence-electron chi connectivity index (χ2n) is 7.21. The second kappa shape index (κ2) is 10.9. The summed E-state index contributed by atoms with van der Waals surface area (Å²) in [5, 5.41) is 28.5. The molecule has 1 aromatic heterocycles. The monoisotopic (exact) mass is 447 g/mol. The zero-order valence-electron chi connectivity index (χ0n) is 17.0. The number of nitrogens with one attached hydrogen (secondary N) is 1. The van der Waals surface area contributed by atoms with Crippen LogP contribution in [0.5, 0.6) is 0 Å². The van der Waals surface area contributed by atoms with Crippen LogP contribution < -0.4 is 4.90 Å². The number of hydrogen-bond acceptors (Lipinski definition) is 6. The van der Waals surface area contributed by atoms with E-state index in [0.717, 1.165) is 16.6 Å². The Balaban J connectivity index is 2.16. The first-order chi connectivity index (χ1) is 14.2. The molecule has 2 rings (SSSR count). The first kappa shape index (κ1) is 23.6. The Labute approximate surface area is 184 Å². The maximum Gasteiger partial charge on any atom is 0.303 e. The van der Waals surface area contributed by atoms with E-state index in [9.17, 15) is 20.0 Å². The van der Waals surface area contributed by atoms with Gasteiger partial charge in [-0.2, -0.15) is 5.26 Å². The predicted octanol–water partition coefficient (Wildman–Crippen LogP) is 5.46.